The number of ether oxygens (including phenoxy) is 2. The first-order valence-electron chi connectivity index (χ1n) is 9.10. The van der Waals surface area contributed by atoms with Crippen molar-refractivity contribution in [3.05, 3.63) is 69.1 Å². The van der Waals surface area contributed by atoms with Crippen LogP contribution in [0.5, 0.6) is 5.75 Å². The fraction of sp³-hybridized carbons (Fsp3) is 0.238. The van der Waals surface area contributed by atoms with E-state index in [-0.39, 0.29) is 5.91 Å². The van der Waals surface area contributed by atoms with Crippen LogP contribution in [0.2, 0.25) is 10.0 Å². The topological polar surface area (TPSA) is 51.7 Å². The number of carbonyl (C=O) groups is 1. The van der Waals surface area contributed by atoms with E-state index in [2.05, 4.69) is 4.98 Å². The van der Waals surface area contributed by atoms with Gasteiger partial charge in [-0.3, -0.25) is 4.79 Å². The molecule has 0 bridgehead atoms. The molecular formula is C21H18Cl2N2O3S. The lowest BCUT2D eigenvalue weighted by Gasteiger charge is -2.25. The first-order chi connectivity index (χ1) is 14.1. The van der Waals surface area contributed by atoms with E-state index < -0.39 is 0 Å². The number of halogens is 2. The molecule has 0 N–H and O–H groups in total. The molecule has 0 spiro atoms. The Hall–Kier alpha value is -2.12. The van der Waals surface area contributed by atoms with Gasteiger partial charge in [-0.25, -0.2) is 4.98 Å². The van der Waals surface area contributed by atoms with Gasteiger partial charge in [-0.1, -0.05) is 41.4 Å². The van der Waals surface area contributed by atoms with E-state index >= 15 is 0 Å². The number of benzene rings is 2. The van der Waals surface area contributed by atoms with Crippen LogP contribution < -0.4 is 4.74 Å². The molecule has 0 atom stereocenters. The van der Waals surface area contributed by atoms with Crippen LogP contribution >= 0.6 is 34.5 Å². The second-order valence-electron chi connectivity index (χ2n) is 6.49. The van der Waals surface area contributed by atoms with Gasteiger partial charge in [0.25, 0.3) is 5.91 Å². The molecule has 1 saturated heterocycles. The third-order valence-electron chi connectivity index (χ3n) is 4.51. The molecule has 1 amide bonds. The van der Waals surface area contributed by atoms with Crippen LogP contribution in [0, 0.1) is 0 Å². The zero-order valence-corrected chi connectivity index (χ0v) is 17.8. The maximum Gasteiger partial charge on any atom is 0.273 e. The van der Waals surface area contributed by atoms with Crippen LogP contribution in [0.1, 0.15) is 16.1 Å². The Morgan fingerprint density at radius 2 is 2.00 bits per heavy atom. The van der Waals surface area contributed by atoms with Gasteiger partial charge in [0.05, 0.1) is 13.2 Å². The number of rotatable bonds is 5. The summed E-state index contributed by atoms with van der Waals surface area (Å²) in [5, 5.41) is 3.73. The van der Waals surface area contributed by atoms with Gasteiger partial charge >= 0.3 is 0 Å². The molecule has 1 aromatic heterocycles. The third-order valence-corrected chi connectivity index (χ3v) is 5.99. The molecular weight excluding hydrogens is 431 g/mol. The molecule has 29 heavy (non-hydrogen) atoms. The summed E-state index contributed by atoms with van der Waals surface area (Å²) >= 11 is 13.6. The lowest BCUT2D eigenvalue weighted by Crippen LogP contribution is -2.40. The Morgan fingerprint density at radius 1 is 1.17 bits per heavy atom. The predicted octanol–water partition coefficient (Wildman–Crippen LogP) is 5.17. The Labute approximate surface area is 182 Å². The number of hydrogen-bond donors (Lipinski definition) is 0. The molecule has 8 heteroatoms. The van der Waals surface area contributed by atoms with E-state index in [0.29, 0.717) is 54.4 Å². The normalized spacial score (nSPS) is 14.1. The van der Waals surface area contributed by atoms with Crippen LogP contribution in [0.3, 0.4) is 0 Å². The summed E-state index contributed by atoms with van der Waals surface area (Å²) in [6.07, 6.45) is 0. The van der Waals surface area contributed by atoms with Crippen LogP contribution in [-0.2, 0) is 11.3 Å². The highest BCUT2D eigenvalue weighted by atomic mass is 35.5. The molecule has 1 fully saturated rings. The largest absolute Gasteiger partial charge is 0.489 e. The quantitative estimate of drug-likeness (QED) is 0.540. The van der Waals surface area contributed by atoms with E-state index in [0.717, 1.165) is 16.1 Å². The Kier molecular flexibility index (Phi) is 6.35. The number of amides is 1. The molecule has 1 aliphatic rings. The van der Waals surface area contributed by atoms with Gasteiger partial charge in [-0.05, 0) is 24.3 Å². The zero-order chi connectivity index (χ0) is 20.2. The van der Waals surface area contributed by atoms with Gasteiger partial charge in [-0.2, -0.15) is 0 Å². The number of hydrogen-bond acceptors (Lipinski definition) is 5. The summed E-state index contributed by atoms with van der Waals surface area (Å²) < 4.78 is 11.2. The van der Waals surface area contributed by atoms with Crippen molar-refractivity contribution in [3.8, 4) is 16.3 Å². The van der Waals surface area contributed by atoms with E-state index in [4.69, 9.17) is 32.7 Å². The standard InChI is InChI=1S/C21H18Cl2N2O3S/c22-16-5-4-15(18(23)11-16)12-28-17-3-1-2-14(10-17)20-24-19(13-29-20)21(26)25-6-8-27-9-7-25/h1-5,10-11,13H,6-9,12H2. The number of aromatic nitrogens is 1. The molecule has 3 aromatic rings. The summed E-state index contributed by atoms with van der Waals surface area (Å²) in [6, 6.07) is 13.0. The van der Waals surface area contributed by atoms with E-state index in [9.17, 15) is 4.79 Å². The number of thiazole rings is 1. The SMILES string of the molecule is O=C(c1csc(-c2cccc(OCc3ccc(Cl)cc3Cl)c2)n1)N1CCOCC1. The van der Waals surface area contributed by atoms with E-state index in [1.54, 1.807) is 22.4 Å². The van der Waals surface area contributed by atoms with Crippen LogP contribution in [0.25, 0.3) is 10.6 Å². The van der Waals surface area contributed by atoms with E-state index in [1.165, 1.54) is 11.3 Å². The van der Waals surface area contributed by atoms with Crippen molar-refractivity contribution < 1.29 is 14.3 Å². The second-order valence-corrected chi connectivity index (χ2v) is 8.20. The van der Waals surface area contributed by atoms with Gasteiger partial charge in [0.2, 0.25) is 0 Å². The molecule has 0 unspecified atom stereocenters. The average molecular weight is 449 g/mol. The van der Waals surface area contributed by atoms with Crippen molar-refractivity contribution in [1.82, 2.24) is 9.88 Å². The third kappa shape index (κ3) is 4.90. The van der Waals surface area contributed by atoms with Crippen LogP contribution in [0.4, 0.5) is 0 Å². The molecule has 5 nitrogen and oxygen atoms in total. The van der Waals surface area contributed by atoms with Crippen molar-refractivity contribution in [2.75, 3.05) is 26.3 Å². The van der Waals surface area contributed by atoms with Crippen molar-refractivity contribution in [1.29, 1.82) is 0 Å². The van der Waals surface area contributed by atoms with Crippen LogP contribution in [-0.4, -0.2) is 42.1 Å². The summed E-state index contributed by atoms with van der Waals surface area (Å²) in [5.74, 6) is 0.644. The fourth-order valence-corrected chi connectivity index (χ4v) is 4.21. The molecule has 0 saturated carbocycles. The molecule has 4 rings (SSSR count). The number of carbonyl (C=O) groups excluding carboxylic acids is 1. The number of nitrogens with zero attached hydrogens (tertiary/aromatic N) is 2. The van der Waals surface area contributed by atoms with Crippen molar-refractivity contribution in [3.63, 3.8) is 0 Å². The van der Waals surface area contributed by atoms with Gasteiger partial charge in [0.15, 0.2) is 0 Å². The average Bonchev–Trinajstić information content (AvgIpc) is 3.24. The van der Waals surface area contributed by atoms with E-state index in [1.807, 2.05) is 30.3 Å². The molecule has 2 aromatic carbocycles. The first kappa shape index (κ1) is 20.2. The molecule has 0 radical (unpaired) electrons. The zero-order valence-electron chi connectivity index (χ0n) is 15.4. The minimum absolute atomic E-state index is 0.0550. The minimum atomic E-state index is -0.0550. The molecule has 2 heterocycles. The first-order valence-corrected chi connectivity index (χ1v) is 10.7. The van der Waals surface area contributed by atoms with Gasteiger partial charge in [-0.15, -0.1) is 11.3 Å². The van der Waals surface area contributed by atoms with Crippen molar-refractivity contribution in [2.24, 2.45) is 0 Å². The maximum atomic E-state index is 12.6. The van der Waals surface area contributed by atoms with Gasteiger partial charge in [0, 0.05) is 39.6 Å². The predicted molar refractivity (Wildman–Crippen MR) is 115 cm³/mol. The van der Waals surface area contributed by atoms with Gasteiger partial charge in [0.1, 0.15) is 23.1 Å². The highest BCUT2D eigenvalue weighted by Crippen LogP contribution is 2.29. The Morgan fingerprint density at radius 3 is 2.79 bits per heavy atom. The molecule has 1 aliphatic heterocycles. The summed E-state index contributed by atoms with van der Waals surface area (Å²) in [6.45, 7) is 2.67. The smallest absolute Gasteiger partial charge is 0.273 e. The van der Waals surface area contributed by atoms with Crippen LogP contribution in [0.15, 0.2) is 47.8 Å². The molecule has 150 valence electrons. The minimum Gasteiger partial charge on any atom is -0.489 e. The number of morpholine rings is 1. The second kappa shape index (κ2) is 9.13. The lowest BCUT2D eigenvalue weighted by molar-refractivity contribution is 0.0299. The highest BCUT2D eigenvalue weighted by molar-refractivity contribution is 7.13. The highest BCUT2D eigenvalue weighted by Gasteiger charge is 2.21. The van der Waals surface area contributed by atoms with Crippen molar-refractivity contribution in [2.45, 2.75) is 6.61 Å². The lowest BCUT2D eigenvalue weighted by atomic mass is 10.2. The monoisotopic (exact) mass is 448 g/mol. The summed E-state index contributed by atoms with van der Waals surface area (Å²) in [4.78, 5) is 18.9. The fourth-order valence-electron chi connectivity index (χ4n) is 2.95. The summed E-state index contributed by atoms with van der Waals surface area (Å²) in [7, 11) is 0. The van der Waals surface area contributed by atoms with Crippen molar-refractivity contribution >= 4 is 40.4 Å². The summed E-state index contributed by atoms with van der Waals surface area (Å²) in [5.41, 5.74) is 2.22. The Bertz CT molecular complexity index is 1020. The molecule has 0 aliphatic carbocycles. The maximum absolute atomic E-state index is 12.6. The Balaban J connectivity index is 1.46. The van der Waals surface area contributed by atoms with Gasteiger partial charge < -0.3 is 14.4 Å².